The Morgan fingerprint density at radius 3 is 1.82 bits per heavy atom. The number of nitrogens with zero attached hydrogens (tertiary/aromatic N) is 1. The lowest BCUT2D eigenvalue weighted by molar-refractivity contribution is 0.285. The summed E-state index contributed by atoms with van der Waals surface area (Å²) in [5.41, 5.74) is 0.0775. The predicted molar refractivity (Wildman–Crippen MR) is 52.2 cm³/mol. The standard InChI is InChI=1S/C10H21N/c1-8(2)7-10(5,11-6)9(3)4/h8-9H,6-7H2,1-5H3. The van der Waals surface area contributed by atoms with Crippen molar-refractivity contribution < 1.29 is 0 Å². The lowest BCUT2D eigenvalue weighted by Gasteiger charge is -2.30. The maximum absolute atomic E-state index is 4.21. The molecule has 0 aromatic heterocycles. The Bertz CT molecular complexity index is 127. The highest BCUT2D eigenvalue weighted by atomic mass is 14.8. The molecule has 0 aliphatic rings. The highest BCUT2D eigenvalue weighted by molar-refractivity contribution is 5.26. The van der Waals surface area contributed by atoms with Gasteiger partial charge in [0.25, 0.3) is 0 Å². The first-order valence-corrected chi connectivity index (χ1v) is 4.40. The van der Waals surface area contributed by atoms with Crippen LogP contribution in [-0.2, 0) is 0 Å². The van der Waals surface area contributed by atoms with Gasteiger partial charge in [-0.2, -0.15) is 0 Å². The van der Waals surface area contributed by atoms with Crippen molar-refractivity contribution in [1.82, 2.24) is 0 Å². The van der Waals surface area contributed by atoms with E-state index in [-0.39, 0.29) is 5.54 Å². The van der Waals surface area contributed by atoms with Gasteiger partial charge in [-0.15, -0.1) is 0 Å². The summed E-state index contributed by atoms with van der Waals surface area (Å²) >= 11 is 0. The van der Waals surface area contributed by atoms with Crippen molar-refractivity contribution >= 4 is 6.72 Å². The molecule has 1 atom stereocenters. The molecule has 0 aliphatic carbocycles. The molecule has 1 heteroatoms. The molecule has 0 aliphatic heterocycles. The molecule has 0 saturated heterocycles. The molecular formula is C10H21N. The zero-order valence-corrected chi connectivity index (χ0v) is 8.52. The van der Waals surface area contributed by atoms with Crippen LogP contribution >= 0.6 is 0 Å². The van der Waals surface area contributed by atoms with Crippen molar-refractivity contribution in [3.63, 3.8) is 0 Å². The zero-order valence-electron chi connectivity index (χ0n) is 8.52. The van der Waals surface area contributed by atoms with Crippen LogP contribution in [0.1, 0.15) is 41.0 Å². The molecule has 0 fully saturated rings. The summed E-state index contributed by atoms with van der Waals surface area (Å²) in [6, 6.07) is 0. The molecular weight excluding hydrogens is 134 g/mol. The molecule has 0 spiro atoms. The van der Waals surface area contributed by atoms with Gasteiger partial charge in [0.05, 0.1) is 5.54 Å². The van der Waals surface area contributed by atoms with E-state index in [1.165, 1.54) is 0 Å². The molecule has 0 amide bonds. The Balaban J connectivity index is 4.22. The summed E-state index contributed by atoms with van der Waals surface area (Å²) in [7, 11) is 0. The zero-order chi connectivity index (χ0) is 9.07. The third-order valence-electron chi connectivity index (χ3n) is 2.43. The van der Waals surface area contributed by atoms with Crippen LogP contribution in [0.2, 0.25) is 0 Å². The summed E-state index contributed by atoms with van der Waals surface area (Å²) in [5, 5.41) is 0. The Morgan fingerprint density at radius 2 is 1.73 bits per heavy atom. The molecule has 0 aromatic carbocycles. The smallest absolute Gasteiger partial charge is 0.0598 e. The van der Waals surface area contributed by atoms with E-state index in [0.717, 1.165) is 6.42 Å². The number of hydrogen-bond donors (Lipinski definition) is 0. The number of hydrogen-bond acceptors (Lipinski definition) is 1. The van der Waals surface area contributed by atoms with E-state index in [0.29, 0.717) is 11.8 Å². The maximum atomic E-state index is 4.21. The lowest BCUT2D eigenvalue weighted by atomic mass is 9.82. The van der Waals surface area contributed by atoms with Gasteiger partial charge in [0.1, 0.15) is 0 Å². The first-order chi connectivity index (χ1) is 4.92. The molecule has 11 heavy (non-hydrogen) atoms. The van der Waals surface area contributed by atoms with Crippen LogP contribution in [0.4, 0.5) is 0 Å². The number of aliphatic imine (C=N–C) groups is 1. The van der Waals surface area contributed by atoms with E-state index in [4.69, 9.17) is 0 Å². The normalized spacial score (nSPS) is 17.0. The Labute approximate surface area is 70.9 Å². The summed E-state index contributed by atoms with van der Waals surface area (Å²) in [6.45, 7) is 14.7. The van der Waals surface area contributed by atoms with Gasteiger partial charge in [0, 0.05) is 0 Å². The van der Waals surface area contributed by atoms with E-state index in [1.807, 2.05) is 0 Å². The molecule has 0 rings (SSSR count). The van der Waals surface area contributed by atoms with Crippen LogP contribution in [0.3, 0.4) is 0 Å². The SMILES string of the molecule is C=NC(C)(CC(C)C)C(C)C. The fourth-order valence-corrected chi connectivity index (χ4v) is 1.31. The predicted octanol–water partition coefficient (Wildman–Crippen LogP) is 3.15. The molecule has 0 saturated carbocycles. The largest absolute Gasteiger partial charge is 0.294 e. The van der Waals surface area contributed by atoms with E-state index in [2.05, 4.69) is 46.3 Å². The fourth-order valence-electron chi connectivity index (χ4n) is 1.31. The average molecular weight is 155 g/mol. The van der Waals surface area contributed by atoms with E-state index >= 15 is 0 Å². The minimum Gasteiger partial charge on any atom is -0.294 e. The van der Waals surface area contributed by atoms with Gasteiger partial charge in [-0.05, 0) is 31.9 Å². The second kappa shape index (κ2) is 3.89. The third kappa shape index (κ3) is 3.04. The van der Waals surface area contributed by atoms with Crippen molar-refractivity contribution in [3.05, 3.63) is 0 Å². The van der Waals surface area contributed by atoms with Crippen molar-refractivity contribution in [2.75, 3.05) is 0 Å². The lowest BCUT2D eigenvalue weighted by Crippen LogP contribution is -2.30. The van der Waals surface area contributed by atoms with Crippen LogP contribution < -0.4 is 0 Å². The maximum Gasteiger partial charge on any atom is 0.0598 e. The van der Waals surface area contributed by atoms with Crippen LogP contribution in [0.5, 0.6) is 0 Å². The number of rotatable bonds is 4. The van der Waals surface area contributed by atoms with E-state index < -0.39 is 0 Å². The van der Waals surface area contributed by atoms with E-state index in [9.17, 15) is 0 Å². The first-order valence-electron chi connectivity index (χ1n) is 4.40. The molecule has 1 unspecified atom stereocenters. The fraction of sp³-hybridized carbons (Fsp3) is 0.900. The van der Waals surface area contributed by atoms with Crippen LogP contribution in [0.15, 0.2) is 4.99 Å². The van der Waals surface area contributed by atoms with Crippen LogP contribution in [0.25, 0.3) is 0 Å². The highest BCUT2D eigenvalue weighted by Gasteiger charge is 2.26. The molecule has 0 bridgehead atoms. The van der Waals surface area contributed by atoms with Gasteiger partial charge in [0.2, 0.25) is 0 Å². The Morgan fingerprint density at radius 1 is 1.27 bits per heavy atom. The third-order valence-corrected chi connectivity index (χ3v) is 2.43. The Hall–Kier alpha value is -0.330. The molecule has 0 aromatic rings. The van der Waals surface area contributed by atoms with Crippen molar-refractivity contribution in [2.24, 2.45) is 16.8 Å². The van der Waals surface area contributed by atoms with Gasteiger partial charge < -0.3 is 0 Å². The minimum atomic E-state index is 0.0775. The molecule has 0 N–H and O–H groups in total. The summed E-state index contributed by atoms with van der Waals surface area (Å²) < 4.78 is 0. The first kappa shape index (κ1) is 10.7. The van der Waals surface area contributed by atoms with Gasteiger partial charge >= 0.3 is 0 Å². The average Bonchev–Trinajstić information content (AvgIpc) is 1.86. The summed E-state index contributed by atoms with van der Waals surface area (Å²) in [6.07, 6.45) is 1.13. The quantitative estimate of drug-likeness (QED) is 0.553. The van der Waals surface area contributed by atoms with Crippen molar-refractivity contribution in [3.8, 4) is 0 Å². The summed E-state index contributed by atoms with van der Waals surface area (Å²) in [4.78, 5) is 4.21. The molecule has 0 heterocycles. The van der Waals surface area contributed by atoms with Gasteiger partial charge in [0.15, 0.2) is 0 Å². The van der Waals surface area contributed by atoms with E-state index in [1.54, 1.807) is 0 Å². The van der Waals surface area contributed by atoms with Crippen molar-refractivity contribution in [1.29, 1.82) is 0 Å². The Kier molecular flexibility index (Phi) is 3.77. The second-order valence-corrected chi connectivity index (χ2v) is 4.27. The monoisotopic (exact) mass is 155 g/mol. The van der Waals surface area contributed by atoms with Crippen LogP contribution in [0, 0.1) is 11.8 Å². The topological polar surface area (TPSA) is 12.4 Å². The van der Waals surface area contributed by atoms with Gasteiger partial charge in [-0.3, -0.25) is 4.99 Å². The molecule has 0 radical (unpaired) electrons. The van der Waals surface area contributed by atoms with Gasteiger partial charge in [-0.1, -0.05) is 27.7 Å². The van der Waals surface area contributed by atoms with Crippen molar-refractivity contribution in [2.45, 2.75) is 46.6 Å². The summed E-state index contributed by atoms with van der Waals surface area (Å²) in [5.74, 6) is 1.29. The molecule has 1 nitrogen and oxygen atoms in total. The van der Waals surface area contributed by atoms with Crippen LogP contribution in [-0.4, -0.2) is 12.3 Å². The highest BCUT2D eigenvalue weighted by Crippen LogP contribution is 2.28. The molecule has 66 valence electrons. The second-order valence-electron chi connectivity index (χ2n) is 4.27. The minimum absolute atomic E-state index is 0.0775. The van der Waals surface area contributed by atoms with Gasteiger partial charge in [-0.25, -0.2) is 0 Å².